The van der Waals surface area contributed by atoms with Crippen molar-refractivity contribution in [2.75, 3.05) is 5.73 Å². The third-order valence-corrected chi connectivity index (χ3v) is 1.56. The smallest absolute Gasteiger partial charge is 0.401 e. The van der Waals surface area contributed by atoms with Crippen molar-refractivity contribution in [2.24, 2.45) is 0 Å². The largest absolute Gasteiger partial charge is 0.504 e. The average Bonchev–Trinajstić information content (AvgIpc) is 2.56. The van der Waals surface area contributed by atoms with Gasteiger partial charge in [0.1, 0.15) is 0 Å². The summed E-state index contributed by atoms with van der Waals surface area (Å²) in [4.78, 5) is 3.73. The lowest BCUT2D eigenvalue weighted by Gasteiger charge is -2.01. The Morgan fingerprint density at radius 3 is 2.79 bits per heavy atom. The van der Waals surface area contributed by atoms with Crippen LogP contribution in [0.5, 0.6) is 17.6 Å². The van der Waals surface area contributed by atoms with Crippen LogP contribution in [0, 0.1) is 0 Å². The van der Waals surface area contributed by atoms with E-state index in [0.717, 1.165) is 0 Å². The number of nitrogen functional groups attached to an aromatic ring is 1. The Kier molecular flexibility index (Phi) is 1.98. The summed E-state index contributed by atoms with van der Waals surface area (Å²) < 4.78 is 10.00. The second kappa shape index (κ2) is 3.29. The number of phenols is 1. The van der Waals surface area contributed by atoms with Gasteiger partial charge in [0.15, 0.2) is 11.5 Å². The molecule has 0 unspecified atom stereocenters. The zero-order valence-corrected chi connectivity index (χ0v) is 7.18. The number of rotatable bonds is 2. The molecule has 0 fully saturated rings. The number of phenolic OH excluding ortho intramolecular Hbond substituents is 1. The van der Waals surface area contributed by atoms with E-state index in [-0.39, 0.29) is 23.5 Å². The lowest BCUT2D eigenvalue weighted by molar-refractivity contribution is 0.320. The van der Waals surface area contributed by atoms with Gasteiger partial charge < -0.3 is 20.0 Å². The van der Waals surface area contributed by atoms with E-state index in [0.29, 0.717) is 0 Å². The molecule has 1 heterocycles. The monoisotopic (exact) mass is 192 g/mol. The molecule has 2 aromatic rings. The minimum absolute atomic E-state index is 0.00370. The highest BCUT2D eigenvalue weighted by Gasteiger charge is 2.06. The van der Waals surface area contributed by atoms with Crippen LogP contribution in [-0.2, 0) is 0 Å². The van der Waals surface area contributed by atoms with Crippen molar-refractivity contribution in [1.82, 2.24) is 4.98 Å². The predicted octanol–water partition coefficient (Wildman–Crippen LogP) is 1.75. The van der Waals surface area contributed by atoms with E-state index in [4.69, 9.17) is 14.9 Å². The number of hydrogen-bond acceptors (Lipinski definition) is 5. The molecule has 5 nitrogen and oxygen atoms in total. The topological polar surface area (TPSA) is 81.5 Å². The van der Waals surface area contributed by atoms with Gasteiger partial charge in [0.25, 0.3) is 0 Å². The number of aromatic hydroxyl groups is 1. The average molecular weight is 192 g/mol. The lowest BCUT2D eigenvalue weighted by atomic mass is 10.3. The van der Waals surface area contributed by atoms with Gasteiger partial charge in [-0.15, -0.1) is 0 Å². The number of oxazole rings is 1. The summed E-state index contributed by atoms with van der Waals surface area (Å²) in [6.45, 7) is 0. The molecule has 1 aromatic heterocycles. The number of ether oxygens (including phenoxy) is 1. The standard InChI is InChI=1S/C9H8N2O3/c10-8-5-11-9(14-8)13-7-4-2-1-3-6(7)12/h1-5,12H,10H2. The number of benzene rings is 1. The fourth-order valence-electron chi connectivity index (χ4n) is 0.955. The van der Waals surface area contributed by atoms with Crippen LogP contribution in [0.3, 0.4) is 0 Å². The number of nitrogens with zero attached hydrogens (tertiary/aromatic N) is 1. The van der Waals surface area contributed by atoms with Crippen molar-refractivity contribution < 1.29 is 14.3 Å². The molecule has 0 aliphatic rings. The van der Waals surface area contributed by atoms with Crippen LogP contribution in [0.25, 0.3) is 0 Å². The molecule has 2 rings (SSSR count). The van der Waals surface area contributed by atoms with Gasteiger partial charge in [0.05, 0.1) is 6.20 Å². The normalized spacial score (nSPS) is 10.0. The van der Waals surface area contributed by atoms with Gasteiger partial charge in [-0.2, -0.15) is 4.98 Å². The number of nitrogens with two attached hydrogens (primary N) is 1. The Balaban J connectivity index is 2.23. The molecule has 14 heavy (non-hydrogen) atoms. The Morgan fingerprint density at radius 2 is 2.14 bits per heavy atom. The number of para-hydroxylation sites is 2. The molecular weight excluding hydrogens is 184 g/mol. The first-order valence-corrected chi connectivity index (χ1v) is 3.93. The predicted molar refractivity (Wildman–Crippen MR) is 49.1 cm³/mol. The van der Waals surface area contributed by atoms with E-state index >= 15 is 0 Å². The van der Waals surface area contributed by atoms with Crippen molar-refractivity contribution in [1.29, 1.82) is 0 Å². The second-order valence-electron chi connectivity index (χ2n) is 2.60. The molecule has 0 saturated carbocycles. The Labute approximate surface area is 79.8 Å². The van der Waals surface area contributed by atoms with Gasteiger partial charge in [-0.3, -0.25) is 0 Å². The maximum Gasteiger partial charge on any atom is 0.401 e. The molecular formula is C9H8N2O3. The minimum atomic E-state index is 0.00370. The molecule has 0 atom stereocenters. The number of hydrogen-bond donors (Lipinski definition) is 2. The van der Waals surface area contributed by atoms with Gasteiger partial charge in [-0.05, 0) is 12.1 Å². The van der Waals surface area contributed by atoms with Gasteiger partial charge in [0.2, 0.25) is 5.88 Å². The fourth-order valence-corrected chi connectivity index (χ4v) is 0.955. The second-order valence-corrected chi connectivity index (χ2v) is 2.60. The highest BCUT2D eigenvalue weighted by atomic mass is 16.6. The van der Waals surface area contributed by atoms with Crippen LogP contribution in [0.4, 0.5) is 5.88 Å². The molecule has 0 saturated heterocycles. The third-order valence-electron chi connectivity index (χ3n) is 1.56. The summed E-state index contributed by atoms with van der Waals surface area (Å²) in [5.74, 6) is 0.453. The van der Waals surface area contributed by atoms with E-state index < -0.39 is 0 Å². The molecule has 72 valence electrons. The summed E-state index contributed by atoms with van der Waals surface area (Å²) in [5.41, 5.74) is 5.30. The van der Waals surface area contributed by atoms with Crippen LogP contribution >= 0.6 is 0 Å². The van der Waals surface area contributed by atoms with Gasteiger partial charge >= 0.3 is 6.08 Å². The summed E-state index contributed by atoms with van der Waals surface area (Å²) in [6.07, 6.45) is 1.33. The Morgan fingerprint density at radius 1 is 1.36 bits per heavy atom. The fraction of sp³-hybridized carbons (Fsp3) is 0. The van der Waals surface area contributed by atoms with Crippen molar-refractivity contribution in [3.05, 3.63) is 30.5 Å². The molecule has 0 aliphatic heterocycles. The number of aromatic nitrogens is 1. The maximum atomic E-state index is 9.35. The molecule has 0 amide bonds. The maximum absolute atomic E-state index is 9.35. The summed E-state index contributed by atoms with van der Waals surface area (Å²) in [7, 11) is 0. The molecule has 5 heteroatoms. The van der Waals surface area contributed by atoms with Crippen molar-refractivity contribution >= 4 is 5.88 Å². The molecule has 3 N–H and O–H groups in total. The highest BCUT2D eigenvalue weighted by Crippen LogP contribution is 2.29. The quantitative estimate of drug-likeness (QED) is 0.757. The van der Waals surface area contributed by atoms with Gasteiger partial charge in [-0.1, -0.05) is 12.1 Å². The van der Waals surface area contributed by atoms with E-state index in [9.17, 15) is 5.11 Å². The van der Waals surface area contributed by atoms with Gasteiger partial charge in [0, 0.05) is 0 Å². The van der Waals surface area contributed by atoms with Crippen molar-refractivity contribution in [3.8, 4) is 17.6 Å². The Hall–Kier alpha value is -2.17. The highest BCUT2D eigenvalue weighted by molar-refractivity contribution is 5.39. The minimum Gasteiger partial charge on any atom is -0.504 e. The lowest BCUT2D eigenvalue weighted by Crippen LogP contribution is -1.83. The van der Waals surface area contributed by atoms with Crippen molar-refractivity contribution in [3.63, 3.8) is 0 Å². The molecule has 0 radical (unpaired) electrons. The molecule has 0 bridgehead atoms. The third kappa shape index (κ3) is 1.61. The number of anilines is 1. The van der Waals surface area contributed by atoms with Gasteiger partial charge in [-0.25, -0.2) is 0 Å². The van der Waals surface area contributed by atoms with E-state index in [2.05, 4.69) is 4.98 Å². The van der Waals surface area contributed by atoms with E-state index in [1.165, 1.54) is 12.3 Å². The van der Waals surface area contributed by atoms with Crippen LogP contribution in [0.2, 0.25) is 0 Å². The van der Waals surface area contributed by atoms with Crippen LogP contribution < -0.4 is 10.5 Å². The zero-order valence-electron chi connectivity index (χ0n) is 7.18. The first-order chi connectivity index (χ1) is 6.75. The van der Waals surface area contributed by atoms with Crippen LogP contribution in [0.1, 0.15) is 0 Å². The van der Waals surface area contributed by atoms with Crippen LogP contribution in [0.15, 0.2) is 34.9 Å². The molecule has 1 aromatic carbocycles. The first-order valence-electron chi connectivity index (χ1n) is 3.93. The van der Waals surface area contributed by atoms with Crippen molar-refractivity contribution in [2.45, 2.75) is 0 Å². The summed E-state index contributed by atoms with van der Waals surface area (Å²) >= 11 is 0. The van der Waals surface area contributed by atoms with Crippen LogP contribution in [-0.4, -0.2) is 10.1 Å². The first kappa shape index (κ1) is 8.43. The molecule has 0 aliphatic carbocycles. The Bertz CT molecular complexity index is 439. The van der Waals surface area contributed by atoms with E-state index in [1.54, 1.807) is 18.2 Å². The summed E-state index contributed by atoms with van der Waals surface area (Å²) in [6, 6.07) is 6.50. The SMILES string of the molecule is Nc1cnc(Oc2ccccc2O)o1. The summed E-state index contributed by atoms with van der Waals surface area (Å²) in [5, 5.41) is 9.35. The molecule has 0 spiro atoms. The zero-order chi connectivity index (χ0) is 9.97. The van der Waals surface area contributed by atoms with E-state index in [1.807, 2.05) is 0 Å².